The standard InChI is InChI=1S/C16H13F2N5O2S/c1-25-14-5-3-2-4-13(14)23-16(20-21-22-23)26-9-15(24)19-12-7-6-10(17)8-11(12)18/h2-8H,9H2,1H3,(H,19,24). The summed E-state index contributed by atoms with van der Waals surface area (Å²) in [6, 6.07) is 10.1. The number of anilines is 1. The fraction of sp³-hybridized carbons (Fsp3) is 0.125. The van der Waals surface area contributed by atoms with E-state index in [0.29, 0.717) is 22.7 Å². The number of nitrogens with one attached hydrogen (secondary N) is 1. The van der Waals surface area contributed by atoms with Gasteiger partial charge in [0.25, 0.3) is 0 Å². The van der Waals surface area contributed by atoms with Crippen LogP contribution in [-0.2, 0) is 4.79 Å². The van der Waals surface area contributed by atoms with Crippen molar-refractivity contribution in [2.45, 2.75) is 5.16 Å². The highest BCUT2D eigenvalue weighted by Crippen LogP contribution is 2.25. The van der Waals surface area contributed by atoms with E-state index in [-0.39, 0.29) is 11.4 Å². The van der Waals surface area contributed by atoms with Crippen molar-refractivity contribution in [3.63, 3.8) is 0 Å². The number of carbonyl (C=O) groups excluding carboxylic acids is 1. The van der Waals surface area contributed by atoms with Crippen molar-refractivity contribution in [1.29, 1.82) is 0 Å². The number of aromatic nitrogens is 4. The molecule has 1 N–H and O–H groups in total. The summed E-state index contributed by atoms with van der Waals surface area (Å²) in [6.45, 7) is 0. The van der Waals surface area contributed by atoms with Crippen LogP contribution >= 0.6 is 11.8 Å². The van der Waals surface area contributed by atoms with Gasteiger partial charge < -0.3 is 10.1 Å². The number of methoxy groups -OCH3 is 1. The Morgan fingerprint density at radius 2 is 2.08 bits per heavy atom. The highest BCUT2D eigenvalue weighted by molar-refractivity contribution is 7.99. The highest BCUT2D eigenvalue weighted by atomic mass is 32.2. The predicted molar refractivity (Wildman–Crippen MR) is 91.4 cm³/mol. The average molecular weight is 377 g/mol. The Morgan fingerprint density at radius 1 is 1.27 bits per heavy atom. The lowest BCUT2D eigenvalue weighted by molar-refractivity contribution is -0.113. The molecule has 0 radical (unpaired) electrons. The Morgan fingerprint density at radius 3 is 2.85 bits per heavy atom. The van der Waals surface area contributed by atoms with Crippen LogP contribution in [0.2, 0.25) is 0 Å². The maximum Gasteiger partial charge on any atom is 0.234 e. The van der Waals surface area contributed by atoms with Crippen LogP contribution in [0.4, 0.5) is 14.5 Å². The number of benzene rings is 2. The number of hydrogen-bond acceptors (Lipinski definition) is 6. The molecule has 1 heterocycles. The second-order valence-electron chi connectivity index (χ2n) is 5.01. The predicted octanol–water partition coefficient (Wildman–Crippen LogP) is 2.68. The van der Waals surface area contributed by atoms with E-state index in [0.717, 1.165) is 23.9 Å². The molecule has 1 amide bonds. The SMILES string of the molecule is COc1ccccc1-n1nnnc1SCC(=O)Nc1ccc(F)cc1F. The summed E-state index contributed by atoms with van der Waals surface area (Å²) in [6.07, 6.45) is 0. The number of carbonyl (C=O) groups is 1. The lowest BCUT2D eigenvalue weighted by Crippen LogP contribution is -2.15. The van der Waals surface area contributed by atoms with Crippen molar-refractivity contribution < 1.29 is 18.3 Å². The first-order chi connectivity index (χ1) is 12.6. The molecule has 3 aromatic rings. The van der Waals surface area contributed by atoms with E-state index < -0.39 is 17.5 Å². The van der Waals surface area contributed by atoms with Gasteiger partial charge in [0.05, 0.1) is 18.6 Å². The van der Waals surface area contributed by atoms with Crippen molar-refractivity contribution in [3.05, 3.63) is 54.1 Å². The molecule has 0 atom stereocenters. The van der Waals surface area contributed by atoms with Gasteiger partial charge in [-0.25, -0.2) is 8.78 Å². The number of halogens is 2. The fourth-order valence-electron chi connectivity index (χ4n) is 2.13. The number of tetrazole rings is 1. The molecule has 10 heteroatoms. The maximum absolute atomic E-state index is 13.6. The van der Waals surface area contributed by atoms with Gasteiger partial charge in [-0.3, -0.25) is 4.79 Å². The van der Waals surface area contributed by atoms with Crippen LogP contribution in [0.25, 0.3) is 5.69 Å². The molecule has 7 nitrogen and oxygen atoms in total. The van der Waals surface area contributed by atoms with Gasteiger partial charge in [-0.1, -0.05) is 23.9 Å². The van der Waals surface area contributed by atoms with E-state index >= 15 is 0 Å². The van der Waals surface area contributed by atoms with Gasteiger partial charge in [0, 0.05) is 6.07 Å². The van der Waals surface area contributed by atoms with Crippen molar-refractivity contribution in [3.8, 4) is 11.4 Å². The van der Waals surface area contributed by atoms with Crippen LogP contribution in [-0.4, -0.2) is 39.0 Å². The van der Waals surface area contributed by atoms with Crippen molar-refractivity contribution in [2.24, 2.45) is 0 Å². The molecule has 0 bridgehead atoms. The zero-order valence-corrected chi connectivity index (χ0v) is 14.3. The minimum Gasteiger partial charge on any atom is -0.494 e. The number of thioether (sulfide) groups is 1. The molecular weight excluding hydrogens is 364 g/mol. The zero-order valence-electron chi connectivity index (χ0n) is 13.5. The molecule has 1 aromatic heterocycles. The molecule has 0 fully saturated rings. The number of hydrogen-bond donors (Lipinski definition) is 1. The van der Waals surface area contributed by atoms with Gasteiger partial charge in [-0.05, 0) is 34.7 Å². The molecule has 0 saturated heterocycles. The molecule has 0 unspecified atom stereocenters. The van der Waals surface area contributed by atoms with Gasteiger partial charge >= 0.3 is 0 Å². The Balaban J connectivity index is 1.69. The molecule has 0 spiro atoms. The molecule has 3 rings (SSSR count). The molecule has 0 saturated carbocycles. The topological polar surface area (TPSA) is 81.9 Å². The quantitative estimate of drug-likeness (QED) is 0.665. The molecular formula is C16H13F2N5O2S. The number of rotatable bonds is 6. The van der Waals surface area contributed by atoms with Gasteiger partial charge in [-0.2, -0.15) is 4.68 Å². The lowest BCUT2D eigenvalue weighted by Gasteiger charge is -2.09. The van der Waals surface area contributed by atoms with E-state index in [1.165, 1.54) is 11.8 Å². The molecule has 0 aliphatic carbocycles. The Kier molecular flexibility index (Phi) is 5.42. The largest absolute Gasteiger partial charge is 0.494 e. The first-order valence-electron chi connectivity index (χ1n) is 7.38. The maximum atomic E-state index is 13.6. The first-order valence-corrected chi connectivity index (χ1v) is 8.36. The van der Waals surface area contributed by atoms with Crippen molar-refractivity contribution in [2.75, 3.05) is 18.2 Å². The summed E-state index contributed by atoms with van der Waals surface area (Å²) in [5, 5.41) is 14.1. The average Bonchev–Trinajstić information content (AvgIpc) is 3.10. The van der Waals surface area contributed by atoms with E-state index in [4.69, 9.17) is 4.74 Å². The molecule has 134 valence electrons. The second kappa shape index (κ2) is 7.91. The van der Waals surface area contributed by atoms with Crippen molar-refractivity contribution in [1.82, 2.24) is 20.2 Å². The Bertz CT molecular complexity index is 935. The highest BCUT2D eigenvalue weighted by Gasteiger charge is 2.15. The van der Waals surface area contributed by atoms with E-state index in [2.05, 4.69) is 20.8 Å². The van der Waals surface area contributed by atoms with Crippen LogP contribution < -0.4 is 10.1 Å². The summed E-state index contributed by atoms with van der Waals surface area (Å²) in [5.41, 5.74) is 0.522. The minimum absolute atomic E-state index is 0.0632. The number of nitrogens with zero attached hydrogens (tertiary/aromatic N) is 4. The van der Waals surface area contributed by atoms with Gasteiger partial charge in [0.2, 0.25) is 11.1 Å². The smallest absolute Gasteiger partial charge is 0.234 e. The Hall–Kier alpha value is -3.01. The van der Waals surface area contributed by atoms with Crippen LogP contribution in [0.15, 0.2) is 47.6 Å². The van der Waals surface area contributed by atoms with Crippen LogP contribution in [0.3, 0.4) is 0 Å². The third-order valence-electron chi connectivity index (χ3n) is 3.29. The normalized spacial score (nSPS) is 10.6. The number of ether oxygens (including phenoxy) is 1. The second-order valence-corrected chi connectivity index (χ2v) is 5.95. The summed E-state index contributed by atoms with van der Waals surface area (Å²) in [5.74, 6) is -1.53. The summed E-state index contributed by atoms with van der Waals surface area (Å²) < 4.78 is 33.2. The van der Waals surface area contributed by atoms with E-state index in [1.807, 2.05) is 6.07 Å². The number of para-hydroxylation sites is 2. The molecule has 0 aliphatic heterocycles. The zero-order chi connectivity index (χ0) is 18.5. The summed E-state index contributed by atoms with van der Waals surface area (Å²) >= 11 is 1.07. The lowest BCUT2D eigenvalue weighted by atomic mass is 10.3. The third-order valence-corrected chi connectivity index (χ3v) is 4.21. The molecule has 0 aliphatic rings. The van der Waals surface area contributed by atoms with Gasteiger partial charge in [0.1, 0.15) is 23.1 Å². The van der Waals surface area contributed by atoms with E-state index in [9.17, 15) is 13.6 Å². The van der Waals surface area contributed by atoms with Crippen LogP contribution in [0, 0.1) is 11.6 Å². The monoisotopic (exact) mass is 377 g/mol. The van der Waals surface area contributed by atoms with Crippen LogP contribution in [0.5, 0.6) is 5.75 Å². The summed E-state index contributed by atoms with van der Waals surface area (Å²) in [4.78, 5) is 12.0. The van der Waals surface area contributed by atoms with E-state index in [1.54, 1.807) is 18.2 Å². The minimum atomic E-state index is -0.845. The first kappa shape index (κ1) is 17.8. The molecule has 26 heavy (non-hydrogen) atoms. The summed E-state index contributed by atoms with van der Waals surface area (Å²) in [7, 11) is 1.53. The number of amides is 1. The van der Waals surface area contributed by atoms with Crippen molar-refractivity contribution >= 4 is 23.4 Å². The van der Waals surface area contributed by atoms with Gasteiger partial charge in [-0.15, -0.1) is 5.10 Å². The fourth-order valence-corrected chi connectivity index (χ4v) is 2.82. The Labute approximate surface area is 151 Å². The van der Waals surface area contributed by atoms with Crippen LogP contribution in [0.1, 0.15) is 0 Å². The van der Waals surface area contributed by atoms with Gasteiger partial charge in [0.15, 0.2) is 0 Å². The molecule has 2 aromatic carbocycles. The third kappa shape index (κ3) is 3.97.